The fraction of sp³-hybridized carbons (Fsp3) is 0.667. The van der Waals surface area contributed by atoms with E-state index in [4.69, 9.17) is 0 Å². The molecule has 0 radical (unpaired) electrons. The Morgan fingerprint density at radius 1 is 1.47 bits per heavy atom. The smallest absolute Gasteiger partial charge is 0.157 e. The quantitative estimate of drug-likeness (QED) is 0.760. The first-order valence-electron chi connectivity index (χ1n) is 5.78. The molecular weight excluding hydrogens is 188 g/mol. The zero-order valence-electron chi connectivity index (χ0n) is 9.28. The number of hydrogen-bond donors (Lipinski definition) is 0. The summed E-state index contributed by atoms with van der Waals surface area (Å²) in [5, 5.41) is 4.15. The van der Waals surface area contributed by atoms with Crippen LogP contribution in [0.1, 0.15) is 37.8 Å². The number of Topliss-reactive ketones (excluding diaryl/α,β-unsaturated/α-hetero) is 1. The maximum atomic E-state index is 12.0. The molecule has 1 heterocycles. The molecule has 0 unspecified atom stereocenters. The van der Waals surface area contributed by atoms with Gasteiger partial charge in [-0.25, -0.2) is 0 Å². The maximum Gasteiger partial charge on any atom is 0.157 e. The molecule has 0 aromatic carbocycles. The van der Waals surface area contributed by atoms with Crippen LogP contribution in [-0.4, -0.2) is 15.6 Å². The van der Waals surface area contributed by atoms with E-state index >= 15 is 0 Å². The van der Waals surface area contributed by atoms with E-state index in [0.717, 1.165) is 18.5 Å². The molecule has 0 spiro atoms. The molecule has 0 aliphatic heterocycles. The van der Waals surface area contributed by atoms with Crippen molar-refractivity contribution in [2.24, 2.45) is 5.92 Å². The van der Waals surface area contributed by atoms with Gasteiger partial charge in [-0.05, 0) is 25.8 Å². The number of carbonyl (C=O) groups excluding carboxylic acids is 1. The lowest BCUT2D eigenvalue weighted by atomic mass is 9.86. The average Bonchev–Trinajstić information content (AvgIpc) is 2.66. The number of carbonyl (C=O) groups is 1. The van der Waals surface area contributed by atoms with Crippen molar-refractivity contribution in [3.8, 4) is 0 Å². The average molecular weight is 206 g/mol. The van der Waals surface area contributed by atoms with Crippen LogP contribution in [0.3, 0.4) is 0 Å². The van der Waals surface area contributed by atoms with Crippen molar-refractivity contribution in [3.05, 3.63) is 18.0 Å². The van der Waals surface area contributed by atoms with E-state index in [0.29, 0.717) is 18.2 Å². The molecule has 0 saturated heterocycles. The monoisotopic (exact) mass is 206 g/mol. The summed E-state index contributed by atoms with van der Waals surface area (Å²) in [6.45, 7) is 2.45. The third kappa shape index (κ3) is 2.46. The molecular formula is C12H18N2O. The highest BCUT2D eigenvalue weighted by molar-refractivity contribution is 5.80. The second-order valence-electron chi connectivity index (χ2n) is 4.43. The van der Waals surface area contributed by atoms with Crippen LogP contribution in [-0.2, 0) is 11.3 Å². The van der Waals surface area contributed by atoms with Crippen LogP contribution in [0.4, 0.5) is 0 Å². The molecule has 1 fully saturated rings. The number of hydrogen-bond acceptors (Lipinski definition) is 2. The SMILES string of the molecule is Cc1ccnn1CC(=O)C1CCCCC1. The molecule has 0 atom stereocenters. The summed E-state index contributed by atoms with van der Waals surface area (Å²) in [5.41, 5.74) is 1.07. The summed E-state index contributed by atoms with van der Waals surface area (Å²) >= 11 is 0. The Kier molecular flexibility index (Phi) is 3.19. The number of aromatic nitrogens is 2. The van der Waals surface area contributed by atoms with Crippen molar-refractivity contribution in [2.45, 2.75) is 45.6 Å². The fourth-order valence-corrected chi connectivity index (χ4v) is 2.27. The summed E-state index contributed by atoms with van der Waals surface area (Å²) in [6, 6.07) is 1.94. The Morgan fingerprint density at radius 2 is 2.20 bits per heavy atom. The Morgan fingerprint density at radius 3 is 2.80 bits per heavy atom. The van der Waals surface area contributed by atoms with E-state index in [9.17, 15) is 4.79 Å². The second kappa shape index (κ2) is 4.60. The summed E-state index contributed by atoms with van der Waals surface area (Å²) in [7, 11) is 0. The summed E-state index contributed by atoms with van der Waals surface area (Å²) in [6.07, 6.45) is 7.65. The molecule has 1 aliphatic carbocycles. The molecule has 1 aromatic heterocycles. The third-order valence-corrected chi connectivity index (χ3v) is 3.30. The molecule has 3 heteroatoms. The normalized spacial score (nSPS) is 17.9. The minimum absolute atomic E-state index is 0.294. The predicted molar refractivity (Wildman–Crippen MR) is 58.5 cm³/mol. The van der Waals surface area contributed by atoms with E-state index < -0.39 is 0 Å². The molecule has 0 N–H and O–H groups in total. The number of nitrogens with zero attached hydrogens (tertiary/aromatic N) is 2. The van der Waals surface area contributed by atoms with Crippen molar-refractivity contribution in [3.63, 3.8) is 0 Å². The zero-order chi connectivity index (χ0) is 10.7. The standard InChI is InChI=1S/C12H18N2O/c1-10-7-8-13-14(10)9-12(15)11-5-3-2-4-6-11/h7-8,11H,2-6,9H2,1H3. The van der Waals surface area contributed by atoms with Crippen molar-refractivity contribution < 1.29 is 4.79 Å². The summed E-state index contributed by atoms with van der Waals surface area (Å²) in [5.74, 6) is 0.656. The van der Waals surface area contributed by atoms with Crippen molar-refractivity contribution in [1.82, 2.24) is 9.78 Å². The van der Waals surface area contributed by atoms with Crippen molar-refractivity contribution in [1.29, 1.82) is 0 Å². The third-order valence-electron chi connectivity index (χ3n) is 3.30. The van der Waals surface area contributed by atoms with Gasteiger partial charge in [-0.1, -0.05) is 19.3 Å². The maximum absolute atomic E-state index is 12.0. The van der Waals surface area contributed by atoms with Gasteiger partial charge < -0.3 is 0 Å². The van der Waals surface area contributed by atoms with Gasteiger partial charge >= 0.3 is 0 Å². The molecule has 1 saturated carbocycles. The van der Waals surface area contributed by atoms with Gasteiger partial charge in [0.1, 0.15) is 6.54 Å². The molecule has 3 nitrogen and oxygen atoms in total. The topological polar surface area (TPSA) is 34.9 Å². The number of rotatable bonds is 3. The van der Waals surface area contributed by atoms with Gasteiger partial charge in [0.25, 0.3) is 0 Å². The van der Waals surface area contributed by atoms with Gasteiger partial charge in [0.05, 0.1) is 0 Å². The van der Waals surface area contributed by atoms with E-state index in [1.807, 2.05) is 13.0 Å². The van der Waals surface area contributed by atoms with Gasteiger partial charge in [0.15, 0.2) is 5.78 Å². The molecule has 0 amide bonds. The van der Waals surface area contributed by atoms with Crippen LogP contribution in [0.15, 0.2) is 12.3 Å². The lowest BCUT2D eigenvalue weighted by Gasteiger charge is -2.20. The van der Waals surface area contributed by atoms with Crippen LogP contribution in [0.5, 0.6) is 0 Å². The minimum Gasteiger partial charge on any atom is -0.297 e. The highest BCUT2D eigenvalue weighted by atomic mass is 16.1. The largest absolute Gasteiger partial charge is 0.297 e. The van der Waals surface area contributed by atoms with Crippen LogP contribution in [0, 0.1) is 12.8 Å². The summed E-state index contributed by atoms with van der Waals surface area (Å²) < 4.78 is 1.80. The van der Waals surface area contributed by atoms with E-state index in [1.54, 1.807) is 10.9 Å². The van der Waals surface area contributed by atoms with Gasteiger partial charge in [0.2, 0.25) is 0 Å². The van der Waals surface area contributed by atoms with E-state index in [-0.39, 0.29) is 0 Å². The Balaban J connectivity index is 1.94. The van der Waals surface area contributed by atoms with E-state index in [1.165, 1.54) is 19.3 Å². The molecule has 2 rings (SSSR count). The molecule has 1 aliphatic rings. The first kappa shape index (κ1) is 10.4. The van der Waals surface area contributed by atoms with Crippen LogP contribution >= 0.6 is 0 Å². The predicted octanol–water partition coefficient (Wildman–Crippen LogP) is 2.34. The van der Waals surface area contributed by atoms with Crippen LogP contribution < -0.4 is 0 Å². The minimum atomic E-state index is 0.294. The van der Waals surface area contributed by atoms with Crippen LogP contribution in [0.25, 0.3) is 0 Å². The van der Waals surface area contributed by atoms with Crippen molar-refractivity contribution >= 4 is 5.78 Å². The van der Waals surface area contributed by atoms with Crippen LogP contribution in [0.2, 0.25) is 0 Å². The number of aryl methyl sites for hydroxylation is 1. The zero-order valence-corrected chi connectivity index (χ0v) is 9.28. The molecule has 0 bridgehead atoms. The van der Waals surface area contributed by atoms with E-state index in [2.05, 4.69) is 5.10 Å². The molecule has 1 aromatic rings. The first-order valence-corrected chi connectivity index (χ1v) is 5.78. The first-order chi connectivity index (χ1) is 7.27. The summed E-state index contributed by atoms with van der Waals surface area (Å²) in [4.78, 5) is 12.0. The van der Waals surface area contributed by atoms with Crippen molar-refractivity contribution in [2.75, 3.05) is 0 Å². The molecule has 82 valence electrons. The Bertz CT molecular complexity index is 337. The highest BCUT2D eigenvalue weighted by Gasteiger charge is 2.21. The molecule has 15 heavy (non-hydrogen) atoms. The van der Waals surface area contributed by atoms with Gasteiger partial charge in [-0.15, -0.1) is 0 Å². The van der Waals surface area contributed by atoms with Gasteiger partial charge in [-0.3, -0.25) is 9.48 Å². The fourth-order valence-electron chi connectivity index (χ4n) is 2.27. The number of ketones is 1. The van der Waals surface area contributed by atoms with Gasteiger partial charge in [0, 0.05) is 17.8 Å². The lowest BCUT2D eigenvalue weighted by Crippen LogP contribution is -2.23. The second-order valence-corrected chi connectivity index (χ2v) is 4.43. The Hall–Kier alpha value is -1.12. The Labute approximate surface area is 90.5 Å². The lowest BCUT2D eigenvalue weighted by molar-refractivity contribution is -0.124. The highest BCUT2D eigenvalue weighted by Crippen LogP contribution is 2.24. The van der Waals surface area contributed by atoms with Gasteiger partial charge in [-0.2, -0.15) is 5.10 Å².